The lowest BCUT2D eigenvalue weighted by atomic mass is 10.1. The van der Waals surface area contributed by atoms with Crippen LogP contribution >= 0.6 is 0 Å². The monoisotopic (exact) mass is 158 g/mol. The van der Waals surface area contributed by atoms with Gasteiger partial charge in [0, 0.05) is 11.5 Å². The summed E-state index contributed by atoms with van der Waals surface area (Å²) in [6.45, 7) is 6.29. The Bertz CT molecular complexity index is 310. The van der Waals surface area contributed by atoms with Crippen molar-refractivity contribution in [2.45, 2.75) is 20.8 Å². The number of aryl methyl sites for hydroxylation is 1. The molecule has 0 heteroatoms. The Balaban J connectivity index is 2.92. The molecular formula is C12H14. The second kappa shape index (κ2) is 3.97. The molecule has 0 N–H and O–H groups in total. The largest absolute Gasteiger partial charge is 0.0951 e. The minimum Gasteiger partial charge on any atom is -0.0951 e. The third-order valence-electron chi connectivity index (χ3n) is 1.64. The van der Waals surface area contributed by atoms with E-state index in [1.807, 2.05) is 12.1 Å². The molecule has 0 nitrogen and oxygen atoms in total. The Labute approximate surface area is 74.6 Å². The minimum absolute atomic E-state index is 0.449. The van der Waals surface area contributed by atoms with Gasteiger partial charge in [0.15, 0.2) is 0 Å². The lowest BCUT2D eigenvalue weighted by Gasteiger charge is -1.95. The zero-order valence-electron chi connectivity index (χ0n) is 7.89. The standard InChI is InChI=1S/C12H14/c1-10(2)8-9-12-7-5-4-6-11(12)3/h4-7,10H,1-3H3. The molecule has 1 aromatic rings. The molecule has 0 aliphatic heterocycles. The van der Waals surface area contributed by atoms with E-state index in [9.17, 15) is 0 Å². The molecule has 0 amide bonds. The van der Waals surface area contributed by atoms with Gasteiger partial charge < -0.3 is 0 Å². The number of hydrogen-bond acceptors (Lipinski definition) is 0. The fourth-order valence-electron chi connectivity index (χ4n) is 0.935. The molecule has 0 saturated heterocycles. The lowest BCUT2D eigenvalue weighted by Crippen LogP contribution is -1.82. The molecular weight excluding hydrogens is 144 g/mol. The number of rotatable bonds is 0. The van der Waals surface area contributed by atoms with Crippen molar-refractivity contribution in [2.24, 2.45) is 5.92 Å². The van der Waals surface area contributed by atoms with Crippen molar-refractivity contribution in [3.63, 3.8) is 0 Å². The summed E-state index contributed by atoms with van der Waals surface area (Å²) in [5.74, 6) is 6.76. The van der Waals surface area contributed by atoms with Gasteiger partial charge in [0.25, 0.3) is 0 Å². The van der Waals surface area contributed by atoms with Crippen LogP contribution in [0.4, 0.5) is 0 Å². The van der Waals surface area contributed by atoms with E-state index in [-0.39, 0.29) is 0 Å². The molecule has 0 spiro atoms. The van der Waals surface area contributed by atoms with E-state index < -0.39 is 0 Å². The predicted octanol–water partition coefficient (Wildman–Crippen LogP) is 3.00. The van der Waals surface area contributed by atoms with Crippen LogP contribution in [0.3, 0.4) is 0 Å². The van der Waals surface area contributed by atoms with Crippen molar-refractivity contribution >= 4 is 0 Å². The Kier molecular flexibility index (Phi) is 2.94. The molecule has 1 aromatic carbocycles. The molecule has 62 valence electrons. The summed E-state index contributed by atoms with van der Waals surface area (Å²) < 4.78 is 0. The Morgan fingerprint density at radius 2 is 1.83 bits per heavy atom. The van der Waals surface area contributed by atoms with Gasteiger partial charge in [0.05, 0.1) is 0 Å². The smallest absolute Gasteiger partial charge is 0.0274 e. The zero-order chi connectivity index (χ0) is 8.97. The first-order valence-corrected chi connectivity index (χ1v) is 4.27. The van der Waals surface area contributed by atoms with Crippen LogP contribution in [0, 0.1) is 24.7 Å². The molecule has 0 aromatic heterocycles. The number of benzene rings is 1. The van der Waals surface area contributed by atoms with Crippen molar-refractivity contribution in [2.75, 3.05) is 0 Å². The molecule has 0 saturated carbocycles. The fraction of sp³-hybridized carbons (Fsp3) is 0.333. The second-order valence-electron chi connectivity index (χ2n) is 3.24. The molecule has 0 aliphatic rings. The van der Waals surface area contributed by atoms with Crippen LogP contribution in [0.1, 0.15) is 25.0 Å². The lowest BCUT2D eigenvalue weighted by molar-refractivity contribution is 0.866. The molecule has 0 aliphatic carbocycles. The third kappa shape index (κ3) is 2.43. The third-order valence-corrected chi connectivity index (χ3v) is 1.64. The highest BCUT2D eigenvalue weighted by Crippen LogP contribution is 2.04. The van der Waals surface area contributed by atoms with E-state index >= 15 is 0 Å². The molecule has 0 fully saturated rings. The number of hydrogen-bond donors (Lipinski definition) is 0. The van der Waals surface area contributed by atoms with Gasteiger partial charge in [0.2, 0.25) is 0 Å². The van der Waals surface area contributed by atoms with Crippen LogP contribution in [-0.2, 0) is 0 Å². The van der Waals surface area contributed by atoms with Gasteiger partial charge >= 0.3 is 0 Å². The average Bonchev–Trinajstić information content (AvgIpc) is 2.03. The van der Waals surface area contributed by atoms with Crippen LogP contribution in [0.15, 0.2) is 24.3 Å². The second-order valence-corrected chi connectivity index (χ2v) is 3.24. The molecule has 0 atom stereocenters. The summed E-state index contributed by atoms with van der Waals surface area (Å²) in [4.78, 5) is 0. The van der Waals surface area contributed by atoms with E-state index in [2.05, 4.69) is 44.7 Å². The van der Waals surface area contributed by atoms with E-state index in [1.165, 1.54) is 5.56 Å². The molecule has 0 bridgehead atoms. The summed E-state index contributed by atoms with van der Waals surface area (Å²) in [5.41, 5.74) is 2.40. The first-order valence-electron chi connectivity index (χ1n) is 4.27. The molecule has 0 radical (unpaired) electrons. The summed E-state index contributed by atoms with van der Waals surface area (Å²) in [5, 5.41) is 0. The SMILES string of the molecule is Cc1ccccc1C#CC(C)C. The first kappa shape index (κ1) is 8.87. The summed E-state index contributed by atoms with van der Waals surface area (Å²) in [6, 6.07) is 8.21. The van der Waals surface area contributed by atoms with Gasteiger partial charge in [-0.1, -0.05) is 43.9 Å². The van der Waals surface area contributed by atoms with Gasteiger partial charge in [-0.15, -0.1) is 0 Å². The van der Waals surface area contributed by atoms with E-state index in [0.29, 0.717) is 5.92 Å². The minimum atomic E-state index is 0.449. The molecule has 0 unspecified atom stereocenters. The fourth-order valence-corrected chi connectivity index (χ4v) is 0.935. The maximum Gasteiger partial charge on any atom is 0.0274 e. The van der Waals surface area contributed by atoms with Crippen LogP contribution < -0.4 is 0 Å². The van der Waals surface area contributed by atoms with Gasteiger partial charge in [-0.3, -0.25) is 0 Å². The highest BCUT2D eigenvalue weighted by molar-refractivity contribution is 5.40. The quantitative estimate of drug-likeness (QED) is 0.509. The summed E-state index contributed by atoms with van der Waals surface area (Å²) >= 11 is 0. The topological polar surface area (TPSA) is 0 Å². The van der Waals surface area contributed by atoms with Gasteiger partial charge in [0.1, 0.15) is 0 Å². The highest BCUT2D eigenvalue weighted by Gasteiger charge is 1.90. The highest BCUT2D eigenvalue weighted by atomic mass is 13.9. The Morgan fingerprint density at radius 3 is 2.42 bits per heavy atom. The van der Waals surface area contributed by atoms with Crippen molar-refractivity contribution in [3.8, 4) is 11.8 Å². The van der Waals surface area contributed by atoms with Gasteiger partial charge in [-0.25, -0.2) is 0 Å². The predicted molar refractivity (Wildman–Crippen MR) is 52.9 cm³/mol. The molecule has 1 rings (SSSR count). The van der Waals surface area contributed by atoms with Crippen LogP contribution in [0.5, 0.6) is 0 Å². The summed E-state index contributed by atoms with van der Waals surface area (Å²) in [6.07, 6.45) is 0. The maximum absolute atomic E-state index is 3.16. The van der Waals surface area contributed by atoms with E-state index in [0.717, 1.165) is 5.56 Å². The zero-order valence-corrected chi connectivity index (χ0v) is 7.89. The Morgan fingerprint density at radius 1 is 1.17 bits per heavy atom. The normalized spacial score (nSPS) is 9.33. The van der Waals surface area contributed by atoms with E-state index in [4.69, 9.17) is 0 Å². The van der Waals surface area contributed by atoms with Crippen molar-refractivity contribution in [1.82, 2.24) is 0 Å². The van der Waals surface area contributed by atoms with Gasteiger partial charge in [-0.05, 0) is 18.6 Å². The molecule has 12 heavy (non-hydrogen) atoms. The van der Waals surface area contributed by atoms with Gasteiger partial charge in [-0.2, -0.15) is 0 Å². The van der Waals surface area contributed by atoms with Crippen molar-refractivity contribution in [1.29, 1.82) is 0 Å². The van der Waals surface area contributed by atoms with E-state index in [1.54, 1.807) is 0 Å². The van der Waals surface area contributed by atoms with Crippen molar-refractivity contribution in [3.05, 3.63) is 35.4 Å². The van der Waals surface area contributed by atoms with Crippen LogP contribution in [0.2, 0.25) is 0 Å². The Hall–Kier alpha value is -1.22. The maximum atomic E-state index is 3.16. The van der Waals surface area contributed by atoms with Crippen LogP contribution in [-0.4, -0.2) is 0 Å². The first-order chi connectivity index (χ1) is 5.70. The molecule has 0 heterocycles. The van der Waals surface area contributed by atoms with Crippen LogP contribution in [0.25, 0.3) is 0 Å². The average molecular weight is 158 g/mol. The van der Waals surface area contributed by atoms with Crippen molar-refractivity contribution < 1.29 is 0 Å². The summed E-state index contributed by atoms with van der Waals surface area (Å²) in [7, 11) is 0.